The van der Waals surface area contributed by atoms with Gasteiger partial charge in [0.15, 0.2) is 0 Å². The van der Waals surface area contributed by atoms with Crippen molar-refractivity contribution in [3.63, 3.8) is 0 Å². The third-order valence-electron chi connectivity index (χ3n) is 7.08. The van der Waals surface area contributed by atoms with E-state index in [9.17, 15) is 4.57 Å². The van der Waals surface area contributed by atoms with Crippen molar-refractivity contribution in [3.8, 4) is 17.0 Å². The Bertz CT molecular complexity index is 1850. The number of nitrogens with zero attached hydrogens (tertiary/aromatic N) is 7. The number of ether oxygens (including phenoxy) is 2. The second-order valence-corrected chi connectivity index (χ2v) is 14.5. The van der Waals surface area contributed by atoms with Gasteiger partial charge in [0.1, 0.15) is 24.4 Å². The molecule has 0 saturated carbocycles. The van der Waals surface area contributed by atoms with Crippen molar-refractivity contribution in [3.05, 3.63) is 59.5 Å². The molecular weight excluding hydrogens is 633 g/mol. The van der Waals surface area contributed by atoms with E-state index < -0.39 is 7.14 Å². The number of hydrogen-bond donors (Lipinski definition) is 2. The Morgan fingerprint density at radius 2 is 1.84 bits per heavy atom. The molecule has 1 aliphatic heterocycles. The Balaban J connectivity index is 1.38. The maximum atomic E-state index is 13.4. The number of rotatable bonds is 8. The van der Waals surface area contributed by atoms with Gasteiger partial charge in [-0.25, -0.2) is 4.98 Å². The molecule has 0 aliphatic carbocycles. The number of pyridine rings is 1. The van der Waals surface area contributed by atoms with Crippen LogP contribution < -0.4 is 25.6 Å². The Hall–Kier alpha value is -4.06. The van der Waals surface area contributed by atoms with Crippen molar-refractivity contribution < 1.29 is 14.0 Å². The quantitative estimate of drug-likeness (QED) is 0.213. The lowest BCUT2D eigenvalue weighted by molar-refractivity contribution is 0.122. The molecule has 14 heteroatoms. The Morgan fingerprint density at radius 1 is 1.05 bits per heavy atom. The molecule has 2 N–H and O–H groups in total. The van der Waals surface area contributed by atoms with Gasteiger partial charge in [-0.1, -0.05) is 23.4 Å². The van der Waals surface area contributed by atoms with E-state index in [1.807, 2.05) is 49.6 Å². The molecule has 5 aromatic rings. The largest absolute Gasteiger partial charge is 0.494 e. The Labute approximate surface area is 257 Å². The van der Waals surface area contributed by atoms with Crippen molar-refractivity contribution in [2.75, 3.05) is 62.3 Å². The zero-order valence-electron chi connectivity index (χ0n) is 24.2. The molecule has 0 unspecified atom stereocenters. The summed E-state index contributed by atoms with van der Waals surface area (Å²) in [5.41, 5.74) is 4.66. The maximum Gasteiger partial charge on any atom is 0.229 e. The number of morpholine rings is 1. The van der Waals surface area contributed by atoms with Gasteiger partial charge >= 0.3 is 0 Å². The molecule has 1 aliphatic rings. The van der Waals surface area contributed by atoms with Crippen LogP contribution in [0.15, 0.2) is 59.5 Å². The molecule has 2 aromatic carbocycles. The molecule has 0 atom stereocenters. The number of para-hydroxylation sites is 1. The van der Waals surface area contributed by atoms with Crippen LogP contribution in [0.1, 0.15) is 0 Å². The number of aromatic nitrogens is 6. The maximum absolute atomic E-state index is 13.4. The standard InChI is InChI=1S/C29H31BrN9O3P/c1-38-17-24(36-37-38)19-13-22(26(41-2)14-25(19)39-9-11-42-12-10-39)34-29-32-15-20(30)28(35-29)33-23-16-31-21-8-6-5-7-18(21)27(23)43(3,4)40/h5-8,13-17H,9-12H2,1-4H3,(H2,32,33,34,35). The van der Waals surface area contributed by atoms with Crippen LogP contribution in [0.2, 0.25) is 0 Å². The van der Waals surface area contributed by atoms with Crippen molar-refractivity contribution in [1.82, 2.24) is 29.9 Å². The van der Waals surface area contributed by atoms with E-state index in [2.05, 4.69) is 51.7 Å². The first-order valence-corrected chi connectivity index (χ1v) is 17.0. The highest BCUT2D eigenvalue weighted by Gasteiger charge is 2.23. The van der Waals surface area contributed by atoms with E-state index in [-0.39, 0.29) is 0 Å². The van der Waals surface area contributed by atoms with E-state index in [1.54, 1.807) is 37.5 Å². The molecule has 0 spiro atoms. The summed E-state index contributed by atoms with van der Waals surface area (Å²) in [6.07, 6.45) is 5.23. The summed E-state index contributed by atoms with van der Waals surface area (Å²) in [7, 11) is 0.767. The van der Waals surface area contributed by atoms with Gasteiger partial charge in [-0.3, -0.25) is 9.67 Å². The normalized spacial score (nSPS) is 13.7. The predicted molar refractivity (Wildman–Crippen MR) is 173 cm³/mol. The molecule has 3 aromatic heterocycles. The molecule has 43 heavy (non-hydrogen) atoms. The van der Waals surface area contributed by atoms with E-state index >= 15 is 0 Å². The van der Waals surface area contributed by atoms with Crippen LogP contribution >= 0.6 is 23.1 Å². The monoisotopic (exact) mass is 663 g/mol. The van der Waals surface area contributed by atoms with E-state index in [0.29, 0.717) is 51.9 Å². The first-order valence-electron chi connectivity index (χ1n) is 13.6. The van der Waals surface area contributed by atoms with Crippen molar-refractivity contribution in [1.29, 1.82) is 0 Å². The average molecular weight is 665 g/mol. The lowest BCUT2D eigenvalue weighted by Gasteiger charge is -2.31. The van der Waals surface area contributed by atoms with Crippen LogP contribution in [-0.2, 0) is 16.3 Å². The van der Waals surface area contributed by atoms with Gasteiger partial charge in [-0.05, 0) is 41.4 Å². The van der Waals surface area contributed by atoms with Crippen LogP contribution in [0.4, 0.5) is 28.8 Å². The fourth-order valence-electron chi connectivity index (χ4n) is 5.14. The third-order valence-corrected chi connectivity index (χ3v) is 9.22. The highest BCUT2D eigenvalue weighted by molar-refractivity contribution is 9.10. The van der Waals surface area contributed by atoms with E-state index in [4.69, 9.17) is 14.5 Å². The van der Waals surface area contributed by atoms with Crippen molar-refractivity contribution in [2.24, 2.45) is 7.05 Å². The summed E-state index contributed by atoms with van der Waals surface area (Å²) in [4.78, 5) is 16.1. The van der Waals surface area contributed by atoms with Gasteiger partial charge in [-0.15, -0.1) is 5.10 Å². The highest BCUT2D eigenvalue weighted by atomic mass is 79.9. The van der Waals surface area contributed by atoms with Gasteiger partial charge in [0, 0.05) is 48.7 Å². The summed E-state index contributed by atoms with van der Waals surface area (Å²) in [6, 6.07) is 11.6. The summed E-state index contributed by atoms with van der Waals surface area (Å²) < 4.78 is 27.1. The molecule has 0 radical (unpaired) electrons. The lowest BCUT2D eigenvalue weighted by Crippen LogP contribution is -2.36. The molecule has 6 rings (SSSR count). The fourth-order valence-corrected chi connectivity index (χ4v) is 6.89. The van der Waals surface area contributed by atoms with Crippen LogP contribution in [0.25, 0.3) is 22.2 Å². The number of fused-ring (bicyclic) bond motifs is 1. The number of aryl methyl sites for hydroxylation is 1. The van der Waals surface area contributed by atoms with Crippen LogP contribution in [-0.4, -0.2) is 76.7 Å². The average Bonchev–Trinajstić information content (AvgIpc) is 3.44. The molecule has 12 nitrogen and oxygen atoms in total. The van der Waals surface area contributed by atoms with Gasteiger partial charge in [0.2, 0.25) is 5.95 Å². The summed E-state index contributed by atoms with van der Waals surface area (Å²) in [5, 5.41) is 16.7. The van der Waals surface area contributed by atoms with Crippen molar-refractivity contribution in [2.45, 2.75) is 0 Å². The number of nitrogens with one attached hydrogen (secondary N) is 2. The number of hydrogen-bond acceptors (Lipinski definition) is 11. The minimum absolute atomic E-state index is 0.333. The first-order chi connectivity index (χ1) is 20.7. The molecule has 0 amide bonds. The van der Waals surface area contributed by atoms with Crippen molar-refractivity contribution >= 4 is 68.1 Å². The molecular formula is C29H31BrN9O3P. The zero-order chi connectivity index (χ0) is 30.1. The number of halogens is 1. The minimum Gasteiger partial charge on any atom is -0.494 e. The Morgan fingerprint density at radius 3 is 2.56 bits per heavy atom. The van der Waals surface area contributed by atoms with Gasteiger partial charge in [-0.2, -0.15) is 4.98 Å². The van der Waals surface area contributed by atoms with Gasteiger partial charge in [0.25, 0.3) is 0 Å². The third kappa shape index (κ3) is 6.06. The van der Waals surface area contributed by atoms with E-state index in [1.165, 1.54) is 0 Å². The van der Waals surface area contributed by atoms with Gasteiger partial charge < -0.3 is 29.6 Å². The molecule has 1 fully saturated rings. The fraction of sp³-hybridized carbons (Fsp3) is 0.276. The molecule has 0 bridgehead atoms. The zero-order valence-corrected chi connectivity index (χ0v) is 26.7. The molecule has 4 heterocycles. The first kappa shape index (κ1) is 29.0. The number of benzene rings is 2. The summed E-state index contributed by atoms with van der Waals surface area (Å²) in [6.45, 7) is 6.30. The smallest absolute Gasteiger partial charge is 0.229 e. The van der Waals surface area contributed by atoms with Crippen LogP contribution in [0, 0.1) is 0 Å². The second kappa shape index (κ2) is 11.9. The SMILES string of the molecule is COc1cc(N2CCOCC2)c(-c2cn(C)nn2)cc1Nc1ncc(Br)c(Nc2cnc3ccccc3c2P(C)(C)=O)n1. The minimum atomic E-state index is -2.70. The second-order valence-electron chi connectivity index (χ2n) is 10.5. The summed E-state index contributed by atoms with van der Waals surface area (Å²) >= 11 is 3.56. The predicted octanol–water partition coefficient (Wildman–Crippen LogP) is 5.16. The Kier molecular flexibility index (Phi) is 8.04. The topological polar surface area (TPSA) is 132 Å². The van der Waals surface area contributed by atoms with Crippen LogP contribution in [0.5, 0.6) is 5.75 Å². The highest BCUT2D eigenvalue weighted by Crippen LogP contribution is 2.42. The lowest BCUT2D eigenvalue weighted by atomic mass is 10.1. The number of anilines is 5. The van der Waals surface area contributed by atoms with Crippen LogP contribution in [0.3, 0.4) is 0 Å². The molecule has 222 valence electrons. The summed E-state index contributed by atoms with van der Waals surface area (Å²) in [5.74, 6) is 1.44. The number of methoxy groups -OCH3 is 1. The van der Waals surface area contributed by atoms with E-state index in [0.717, 1.165) is 40.9 Å². The van der Waals surface area contributed by atoms with Gasteiger partial charge in [0.05, 0.1) is 59.8 Å². The molecule has 1 saturated heterocycles.